The molecule has 1 heterocycles. The van der Waals surface area contributed by atoms with Gasteiger partial charge in [0.05, 0.1) is 17.4 Å². The molecule has 4 heteroatoms. The summed E-state index contributed by atoms with van der Waals surface area (Å²) in [6, 6.07) is 9.97. The van der Waals surface area contributed by atoms with Crippen LogP contribution in [0.3, 0.4) is 0 Å². The molecule has 0 spiro atoms. The number of carbonyl (C=O) groups excluding carboxylic acids is 1. The van der Waals surface area contributed by atoms with Crippen LogP contribution in [0.4, 0.5) is 11.4 Å². The van der Waals surface area contributed by atoms with Crippen molar-refractivity contribution in [3.8, 4) is 6.07 Å². The Morgan fingerprint density at radius 3 is 2.47 bits per heavy atom. The summed E-state index contributed by atoms with van der Waals surface area (Å²) in [5.41, 5.74) is 1.95. The Kier molecular flexibility index (Phi) is 3.75. The van der Waals surface area contributed by atoms with Gasteiger partial charge in [0.25, 0.3) is 0 Å². The summed E-state index contributed by atoms with van der Waals surface area (Å²) >= 11 is 0. The minimum Gasteiger partial charge on any atom is -0.371 e. The first-order valence-corrected chi connectivity index (χ1v) is 6.57. The van der Waals surface area contributed by atoms with Crippen LogP contribution in [0.2, 0.25) is 0 Å². The zero-order valence-electron chi connectivity index (χ0n) is 11.6. The Bertz CT molecular complexity index is 518. The van der Waals surface area contributed by atoms with Gasteiger partial charge in [-0.1, -0.05) is 26.0 Å². The molecule has 100 valence electrons. The zero-order chi connectivity index (χ0) is 14.0. The van der Waals surface area contributed by atoms with Crippen molar-refractivity contribution in [1.82, 2.24) is 0 Å². The van der Waals surface area contributed by atoms with Crippen molar-refractivity contribution in [2.24, 2.45) is 11.8 Å². The number of rotatable bonds is 2. The van der Waals surface area contributed by atoms with E-state index < -0.39 is 5.92 Å². The third-order valence-electron chi connectivity index (χ3n) is 3.58. The maximum Gasteiger partial charge on any atom is 0.244 e. The number of benzene rings is 1. The fraction of sp³-hybridized carbons (Fsp3) is 0.467. The number of anilines is 2. The molecule has 1 aromatic rings. The predicted molar refractivity (Wildman–Crippen MR) is 76.0 cm³/mol. The zero-order valence-corrected chi connectivity index (χ0v) is 11.6. The molecule has 0 aromatic heterocycles. The number of likely N-dealkylation sites (N-methyl/N-ethyl adjacent to an activating group) is 1. The Hall–Kier alpha value is -2.02. The standard InChI is InChI=1S/C15H19N3O/c1-11(2)12(10-16)15(19)18-9-8-17(3)13-6-4-5-7-14(13)18/h4-7,11-12H,8-9H2,1-3H3. The molecule has 0 N–H and O–H groups in total. The van der Waals surface area contributed by atoms with Gasteiger partial charge in [-0.15, -0.1) is 0 Å². The van der Waals surface area contributed by atoms with Gasteiger partial charge in [-0.2, -0.15) is 5.26 Å². The Labute approximate surface area is 114 Å². The normalized spacial score (nSPS) is 15.9. The first-order chi connectivity index (χ1) is 9.06. The van der Waals surface area contributed by atoms with Crippen LogP contribution in [0, 0.1) is 23.2 Å². The van der Waals surface area contributed by atoms with Crippen molar-refractivity contribution in [2.45, 2.75) is 13.8 Å². The third-order valence-corrected chi connectivity index (χ3v) is 3.58. The van der Waals surface area contributed by atoms with Gasteiger partial charge in [-0.05, 0) is 18.1 Å². The first-order valence-electron chi connectivity index (χ1n) is 6.57. The minimum atomic E-state index is -0.573. The van der Waals surface area contributed by atoms with Crippen LogP contribution < -0.4 is 9.80 Å². The molecule has 0 saturated heterocycles. The summed E-state index contributed by atoms with van der Waals surface area (Å²) in [6.45, 7) is 5.25. The van der Waals surface area contributed by atoms with Gasteiger partial charge in [-0.25, -0.2) is 0 Å². The van der Waals surface area contributed by atoms with Crippen LogP contribution >= 0.6 is 0 Å². The van der Waals surface area contributed by atoms with Gasteiger partial charge in [0, 0.05) is 20.1 Å². The highest BCUT2D eigenvalue weighted by atomic mass is 16.2. The molecule has 1 aliphatic rings. The molecule has 4 nitrogen and oxygen atoms in total. The predicted octanol–water partition coefficient (Wildman–Crippen LogP) is 2.27. The van der Waals surface area contributed by atoms with E-state index in [0.29, 0.717) is 6.54 Å². The highest BCUT2D eigenvalue weighted by Crippen LogP contribution is 2.33. The van der Waals surface area contributed by atoms with Crippen molar-refractivity contribution in [3.63, 3.8) is 0 Å². The van der Waals surface area contributed by atoms with Crippen LogP contribution in [-0.4, -0.2) is 26.0 Å². The summed E-state index contributed by atoms with van der Waals surface area (Å²) in [4.78, 5) is 16.4. The second kappa shape index (κ2) is 5.31. The number of para-hydroxylation sites is 2. The van der Waals surface area contributed by atoms with Crippen molar-refractivity contribution in [1.29, 1.82) is 5.26 Å². The number of fused-ring (bicyclic) bond motifs is 1. The second-order valence-electron chi connectivity index (χ2n) is 5.25. The highest BCUT2D eigenvalue weighted by Gasteiger charge is 2.31. The van der Waals surface area contributed by atoms with Crippen molar-refractivity contribution in [3.05, 3.63) is 24.3 Å². The lowest BCUT2D eigenvalue weighted by Crippen LogP contribution is -2.45. The lowest BCUT2D eigenvalue weighted by molar-refractivity contribution is -0.121. The number of nitriles is 1. The maximum absolute atomic E-state index is 12.5. The first kappa shape index (κ1) is 13.4. The Balaban J connectivity index is 2.35. The molecule has 0 aliphatic carbocycles. The van der Waals surface area contributed by atoms with E-state index in [2.05, 4.69) is 11.0 Å². The van der Waals surface area contributed by atoms with Gasteiger partial charge < -0.3 is 9.80 Å². The molecule has 2 rings (SSSR count). The van der Waals surface area contributed by atoms with Crippen LogP contribution in [0.15, 0.2) is 24.3 Å². The molecular weight excluding hydrogens is 238 g/mol. The van der Waals surface area contributed by atoms with Crippen LogP contribution in [0.1, 0.15) is 13.8 Å². The molecule has 0 fully saturated rings. The molecule has 1 aliphatic heterocycles. The average molecular weight is 257 g/mol. The monoisotopic (exact) mass is 257 g/mol. The largest absolute Gasteiger partial charge is 0.371 e. The fourth-order valence-electron chi connectivity index (χ4n) is 2.39. The van der Waals surface area contributed by atoms with Crippen molar-refractivity contribution in [2.75, 3.05) is 29.9 Å². The molecule has 0 saturated carbocycles. The smallest absolute Gasteiger partial charge is 0.244 e. The summed E-state index contributed by atoms with van der Waals surface area (Å²) in [5.74, 6) is -0.626. The quantitative estimate of drug-likeness (QED) is 0.816. The van der Waals surface area contributed by atoms with E-state index in [0.717, 1.165) is 17.9 Å². The van der Waals surface area contributed by atoms with Crippen molar-refractivity contribution >= 4 is 17.3 Å². The van der Waals surface area contributed by atoms with Gasteiger partial charge in [0.1, 0.15) is 5.92 Å². The molecule has 1 amide bonds. The topological polar surface area (TPSA) is 47.3 Å². The van der Waals surface area contributed by atoms with Gasteiger partial charge in [-0.3, -0.25) is 4.79 Å². The number of carbonyl (C=O) groups is 1. The number of nitrogens with zero attached hydrogens (tertiary/aromatic N) is 3. The average Bonchev–Trinajstić information content (AvgIpc) is 2.39. The molecule has 19 heavy (non-hydrogen) atoms. The van der Waals surface area contributed by atoms with E-state index in [-0.39, 0.29) is 11.8 Å². The van der Waals surface area contributed by atoms with E-state index >= 15 is 0 Å². The molecule has 0 bridgehead atoms. The van der Waals surface area contributed by atoms with E-state index in [4.69, 9.17) is 0 Å². The van der Waals surface area contributed by atoms with Crippen LogP contribution in [0.5, 0.6) is 0 Å². The van der Waals surface area contributed by atoms with Crippen LogP contribution in [-0.2, 0) is 4.79 Å². The fourth-order valence-corrected chi connectivity index (χ4v) is 2.39. The van der Waals surface area contributed by atoms with E-state index in [1.807, 2.05) is 45.2 Å². The number of amides is 1. The summed E-state index contributed by atoms with van der Waals surface area (Å²) in [7, 11) is 2.02. The highest BCUT2D eigenvalue weighted by molar-refractivity contribution is 6.00. The number of hydrogen-bond donors (Lipinski definition) is 0. The Morgan fingerprint density at radius 2 is 1.89 bits per heavy atom. The molecule has 0 radical (unpaired) electrons. The van der Waals surface area contributed by atoms with Gasteiger partial charge >= 0.3 is 0 Å². The second-order valence-corrected chi connectivity index (χ2v) is 5.25. The van der Waals surface area contributed by atoms with Gasteiger partial charge in [0.2, 0.25) is 5.91 Å². The summed E-state index contributed by atoms with van der Waals surface area (Å²) in [5, 5.41) is 9.19. The van der Waals surface area contributed by atoms with E-state index in [9.17, 15) is 10.1 Å². The van der Waals surface area contributed by atoms with E-state index in [1.165, 1.54) is 0 Å². The lowest BCUT2D eigenvalue weighted by Gasteiger charge is -2.36. The lowest BCUT2D eigenvalue weighted by atomic mass is 9.95. The molecule has 1 aromatic carbocycles. The molecule has 1 unspecified atom stereocenters. The summed E-state index contributed by atoms with van der Waals surface area (Å²) < 4.78 is 0. The Morgan fingerprint density at radius 1 is 1.26 bits per heavy atom. The van der Waals surface area contributed by atoms with Crippen LogP contribution in [0.25, 0.3) is 0 Å². The molecule has 1 atom stereocenters. The van der Waals surface area contributed by atoms with Crippen molar-refractivity contribution < 1.29 is 4.79 Å². The summed E-state index contributed by atoms with van der Waals surface area (Å²) in [6.07, 6.45) is 0. The molecular formula is C15H19N3O. The number of hydrogen-bond acceptors (Lipinski definition) is 3. The minimum absolute atomic E-state index is 0.0318. The maximum atomic E-state index is 12.5. The van der Waals surface area contributed by atoms with Gasteiger partial charge in [0.15, 0.2) is 0 Å². The third kappa shape index (κ3) is 2.41. The SMILES string of the molecule is CC(C)C(C#N)C(=O)N1CCN(C)c2ccccc21. The van der Waals surface area contributed by atoms with E-state index in [1.54, 1.807) is 4.90 Å².